The number of hydrogen-bond donors (Lipinski definition) is 0. The van der Waals surface area contributed by atoms with Crippen LogP contribution in [-0.4, -0.2) is 9.55 Å². The van der Waals surface area contributed by atoms with Crippen molar-refractivity contribution in [2.45, 2.75) is 0 Å². The molecule has 8 rings (SSSR count). The summed E-state index contributed by atoms with van der Waals surface area (Å²) in [5, 5.41) is 14.2. The molecule has 0 fully saturated rings. The molecule has 4 heteroatoms. The van der Waals surface area contributed by atoms with Crippen molar-refractivity contribution in [2.24, 2.45) is 0 Å². The molecular formula is C36H21N3O. The number of para-hydroxylation sites is 2. The highest BCUT2D eigenvalue weighted by Crippen LogP contribution is 2.37. The van der Waals surface area contributed by atoms with E-state index in [2.05, 4.69) is 101 Å². The molecule has 0 amide bonds. The van der Waals surface area contributed by atoms with Crippen molar-refractivity contribution in [3.63, 3.8) is 0 Å². The van der Waals surface area contributed by atoms with Gasteiger partial charge in [0.1, 0.15) is 11.2 Å². The van der Waals surface area contributed by atoms with Crippen LogP contribution in [0.4, 0.5) is 0 Å². The number of rotatable bonds is 3. The average Bonchev–Trinajstić information content (AvgIpc) is 3.56. The van der Waals surface area contributed by atoms with Crippen LogP contribution < -0.4 is 0 Å². The van der Waals surface area contributed by atoms with Crippen LogP contribution in [0.5, 0.6) is 0 Å². The molecule has 5 aromatic carbocycles. The Balaban J connectivity index is 1.30. The summed E-state index contributed by atoms with van der Waals surface area (Å²) in [4.78, 5) is 4.51. The standard InChI is InChI=1S/C36H21N3O/c37-20-24-7-1-2-8-28(24)26-17-25(21-38-22-26)23-13-15-35-31(18-23)32-19-27(14-16-36(32)40-35)39-33-11-5-3-9-29(33)30-10-4-6-12-34(30)39/h1-19,21-22H. The molecule has 0 saturated heterocycles. The molecule has 0 atom stereocenters. The number of nitrogens with zero attached hydrogens (tertiary/aromatic N) is 3. The molecule has 186 valence electrons. The first-order chi connectivity index (χ1) is 19.8. The maximum absolute atomic E-state index is 9.59. The van der Waals surface area contributed by atoms with Crippen molar-refractivity contribution in [1.29, 1.82) is 5.26 Å². The van der Waals surface area contributed by atoms with Crippen LogP contribution in [0.1, 0.15) is 5.56 Å². The minimum atomic E-state index is 0.635. The van der Waals surface area contributed by atoms with Crippen LogP contribution in [0.15, 0.2) is 132 Å². The minimum absolute atomic E-state index is 0.635. The molecule has 40 heavy (non-hydrogen) atoms. The summed E-state index contributed by atoms with van der Waals surface area (Å²) in [5.74, 6) is 0. The van der Waals surface area contributed by atoms with Gasteiger partial charge in [-0.1, -0.05) is 60.7 Å². The SMILES string of the molecule is N#Cc1ccccc1-c1cncc(-c2ccc3oc4ccc(-n5c6ccccc6c6ccccc65)cc4c3c2)c1. The first-order valence-electron chi connectivity index (χ1n) is 13.2. The van der Waals surface area contributed by atoms with Crippen molar-refractivity contribution in [1.82, 2.24) is 9.55 Å². The second-order valence-electron chi connectivity index (χ2n) is 9.98. The van der Waals surface area contributed by atoms with E-state index in [1.54, 1.807) is 0 Å². The first-order valence-corrected chi connectivity index (χ1v) is 13.2. The van der Waals surface area contributed by atoms with Crippen molar-refractivity contribution in [3.05, 3.63) is 133 Å². The molecule has 3 heterocycles. The highest BCUT2D eigenvalue weighted by atomic mass is 16.3. The Morgan fingerprint density at radius 2 is 1.23 bits per heavy atom. The summed E-state index contributed by atoms with van der Waals surface area (Å²) in [7, 11) is 0. The topological polar surface area (TPSA) is 54.8 Å². The van der Waals surface area contributed by atoms with E-state index in [1.165, 1.54) is 21.8 Å². The van der Waals surface area contributed by atoms with Gasteiger partial charge in [-0.15, -0.1) is 0 Å². The quantitative estimate of drug-likeness (QED) is 0.237. The second-order valence-corrected chi connectivity index (χ2v) is 9.98. The molecule has 0 saturated carbocycles. The third-order valence-corrected chi connectivity index (χ3v) is 7.72. The van der Waals surface area contributed by atoms with E-state index in [0.29, 0.717) is 5.56 Å². The van der Waals surface area contributed by atoms with Crippen LogP contribution in [0.25, 0.3) is 71.7 Å². The van der Waals surface area contributed by atoms with Crippen molar-refractivity contribution >= 4 is 43.7 Å². The summed E-state index contributed by atoms with van der Waals surface area (Å²) in [5.41, 5.74) is 9.61. The van der Waals surface area contributed by atoms with Gasteiger partial charge in [0.25, 0.3) is 0 Å². The van der Waals surface area contributed by atoms with E-state index in [1.807, 2.05) is 42.7 Å². The van der Waals surface area contributed by atoms with Gasteiger partial charge >= 0.3 is 0 Å². The van der Waals surface area contributed by atoms with Crippen LogP contribution in [0.2, 0.25) is 0 Å². The molecule has 0 aliphatic carbocycles. The zero-order valence-corrected chi connectivity index (χ0v) is 21.4. The van der Waals surface area contributed by atoms with Gasteiger partial charge in [0, 0.05) is 56.3 Å². The molecule has 0 N–H and O–H groups in total. The third-order valence-electron chi connectivity index (χ3n) is 7.72. The molecule has 0 bridgehead atoms. The highest BCUT2D eigenvalue weighted by Gasteiger charge is 2.15. The lowest BCUT2D eigenvalue weighted by Gasteiger charge is -2.08. The molecule has 0 spiro atoms. The lowest BCUT2D eigenvalue weighted by atomic mass is 9.98. The summed E-state index contributed by atoms with van der Waals surface area (Å²) in [6.45, 7) is 0. The normalized spacial score (nSPS) is 11.5. The van der Waals surface area contributed by atoms with Gasteiger partial charge in [-0.25, -0.2) is 0 Å². The van der Waals surface area contributed by atoms with Crippen LogP contribution in [0.3, 0.4) is 0 Å². The zero-order chi connectivity index (χ0) is 26.6. The van der Waals surface area contributed by atoms with Gasteiger partial charge in [0.05, 0.1) is 22.7 Å². The molecule has 0 unspecified atom stereocenters. The number of furan rings is 1. The van der Waals surface area contributed by atoms with Gasteiger partial charge in [-0.05, 0) is 60.2 Å². The number of nitriles is 1. The Morgan fingerprint density at radius 3 is 2.00 bits per heavy atom. The molecule has 0 aliphatic heterocycles. The van der Waals surface area contributed by atoms with E-state index in [0.717, 1.165) is 49.9 Å². The Morgan fingerprint density at radius 1 is 0.575 bits per heavy atom. The molecule has 8 aromatic rings. The summed E-state index contributed by atoms with van der Waals surface area (Å²) in [6.07, 6.45) is 3.68. The third kappa shape index (κ3) is 3.35. The predicted octanol–water partition coefficient (Wildman–Crippen LogP) is 9.28. The number of pyridine rings is 1. The van der Waals surface area contributed by atoms with E-state index < -0.39 is 0 Å². The Bertz CT molecular complexity index is 2240. The fourth-order valence-corrected chi connectivity index (χ4v) is 5.86. The second kappa shape index (κ2) is 8.69. The molecular weight excluding hydrogens is 490 g/mol. The van der Waals surface area contributed by atoms with Gasteiger partial charge in [-0.2, -0.15) is 5.26 Å². The molecule has 0 radical (unpaired) electrons. The van der Waals surface area contributed by atoms with E-state index >= 15 is 0 Å². The lowest BCUT2D eigenvalue weighted by molar-refractivity contribution is 0.669. The monoisotopic (exact) mass is 511 g/mol. The molecule has 4 nitrogen and oxygen atoms in total. The van der Waals surface area contributed by atoms with E-state index in [4.69, 9.17) is 4.42 Å². The first kappa shape index (κ1) is 22.3. The number of fused-ring (bicyclic) bond motifs is 6. The van der Waals surface area contributed by atoms with Crippen molar-refractivity contribution in [2.75, 3.05) is 0 Å². The summed E-state index contributed by atoms with van der Waals surface area (Å²) < 4.78 is 8.58. The van der Waals surface area contributed by atoms with Gasteiger partial charge in [0.2, 0.25) is 0 Å². The number of aromatic nitrogens is 2. The Hall–Kier alpha value is -5.66. The summed E-state index contributed by atoms with van der Waals surface area (Å²) >= 11 is 0. The van der Waals surface area contributed by atoms with E-state index in [-0.39, 0.29) is 0 Å². The maximum atomic E-state index is 9.59. The summed E-state index contributed by atoms with van der Waals surface area (Å²) in [6, 6.07) is 41.8. The smallest absolute Gasteiger partial charge is 0.135 e. The Labute approximate surface area is 230 Å². The number of benzene rings is 5. The maximum Gasteiger partial charge on any atom is 0.135 e. The fourth-order valence-electron chi connectivity index (χ4n) is 5.86. The van der Waals surface area contributed by atoms with Crippen molar-refractivity contribution < 1.29 is 4.42 Å². The Kier molecular flexibility index (Phi) is 4.85. The van der Waals surface area contributed by atoms with Crippen LogP contribution >= 0.6 is 0 Å². The fraction of sp³-hybridized carbons (Fsp3) is 0. The zero-order valence-electron chi connectivity index (χ0n) is 21.4. The predicted molar refractivity (Wildman–Crippen MR) is 161 cm³/mol. The highest BCUT2D eigenvalue weighted by molar-refractivity contribution is 6.11. The van der Waals surface area contributed by atoms with Crippen LogP contribution in [0, 0.1) is 11.3 Å². The largest absolute Gasteiger partial charge is 0.456 e. The van der Waals surface area contributed by atoms with Crippen LogP contribution in [-0.2, 0) is 0 Å². The lowest BCUT2D eigenvalue weighted by Crippen LogP contribution is -1.93. The van der Waals surface area contributed by atoms with Crippen molar-refractivity contribution in [3.8, 4) is 34.0 Å². The van der Waals surface area contributed by atoms with Gasteiger partial charge in [0.15, 0.2) is 0 Å². The molecule has 0 aliphatic rings. The minimum Gasteiger partial charge on any atom is -0.456 e. The number of hydrogen-bond acceptors (Lipinski definition) is 3. The average molecular weight is 512 g/mol. The molecule has 3 aromatic heterocycles. The van der Waals surface area contributed by atoms with Gasteiger partial charge < -0.3 is 8.98 Å². The van der Waals surface area contributed by atoms with Gasteiger partial charge in [-0.3, -0.25) is 4.98 Å². The van der Waals surface area contributed by atoms with E-state index in [9.17, 15) is 5.26 Å².